The molecule has 4 aliphatic rings. The Labute approximate surface area is 178 Å². The van der Waals surface area contributed by atoms with Gasteiger partial charge >= 0.3 is 0 Å². The van der Waals surface area contributed by atoms with Gasteiger partial charge in [0.25, 0.3) is 0 Å². The lowest BCUT2D eigenvalue weighted by atomic mass is 9.96. The fourth-order valence-corrected chi connectivity index (χ4v) is 5.08. The van der Waals surface area contributed by atoms with Crippen molar-refractivity contribution < 1.29 is 9.18 Å². The highest BCUT2D eigenvalue weighted by molar-refractivity contribution is 5.81. The molecule has 4 heterocycles. The van der Waals surface area contributed by atoms with Crippen LogP contribution in [0.3, 0.4) is 0 Å². The minimum absolute atomic E-state index is 0.00915. The molecular formula is C19H37FN9O-. The van der Waals surface area contributed by atoms with E-state index in [1.165, 1.54) is 0 Å². The standard InChI is InChI=1S/C19H37FN9O/c1-27(2)6-4-12-7-24-28(10-12)15-3-5-22-9-14(15)25-19(30)16-17(21)26-29-11-13(20)8-23-18(16)29/h12-18,22-24H,3-11,21H2,1-2H3,(H,25,30)/q-1. The average Bonchev–Trinajstić information content (AvgIpc) is 3.30. The van der Waals surface area contributed by atoms with Gasteiger partial charge in [-0.05, 0) is 45.9 Å². The Morgan fingerprint density at radius 3 is 2.93 bits per heavy atom. The Balaban J connectivity index is 1.35. The van der Waals surface area contributed by atoms with Crippen LogP contribution in [-0.4, -0.2) is 111 Å². The maximum atomic E-state index is 13.7. The van der Waals surface area contributed by atoms with Gasteiger partial charge in [0.2, 0.25) is 5.91 Å². The van der Waals surface area contributed by atoms with E-state index in [0.29, 0.717) is 5.92 Å². The Morgan fingerprint density at radius 2 is 2.13 bits per heavy atom. The Bertz CT molecular complexity index is 596. The number of carbonyl (C=O) groups excluding carboxylic acids is 1. The van der Waals surface area contributed by atoms with Gasteiger partial charge in [-0.1, -0.05) is 6.17 Å². The number of nitrogens with one attached hydrogen (secondary N) is 4. The van der Waals surface area contributed by atoms with Crippen LogP contribution < -0.4 is 27.1 Å². The summed E-state index contributed by atoms with van der Waals surface area (Å²) in [5, 5.41) is 13.7. The normalized spacial score (nSPS) is 40.6. The van der Waals surface area contributed by atoms with Crippen molar-refractivity contribution in [3.8, 4) is 0 Å². The van der Waals surface area contributed by atoms with Crippen molar-refractivity contribution in [3.05, 3.63) is 5.43 Å². The first kappa shape index (κ1) is 22.3. The number of halogens is 1. The Morgan fingerprint density at radius 1 is 1.30 bits per heavy atom. The molecule has 0 spiro atoms. The van der Waals surface area contributed by atoms with Crippen molar-refractivity contribution in [2.45, 2.75) is 43.4 Å². The molecule has 7 unspecified atom stereocenters. The number of rotatable bonds is 6. The summed E-state index contributed by atoms with van der Waals surface area (Å²) < 4.78 is 13.7. The lowest BCUT2D eigenvalue weighted by molar-refractivity contribution is -0.128. The predicted octanol–water partition coefficient (Wildman–Crippen LogP) is -2.01. The van der Waals surface area contributed by atoms with Crippen LogP contribution in [0.25, 0.3) is 5.43 Å². The second-order valence-electron chi connectivity index (χ2n) is 9.35. The van der Waals surface area contributed by atoms with Gasteiger partial charge in [0.05, 0.1) is 18.1 Å². The number of hydrogen-bond acceptors (Lipinski definition) is 8. The van der Waals surface area contributed by atoms with Crippen LogP contribution in [0.15, 0.2) is 0 Å². The molecule has 10 nitrogen and oxygen atoms in total. The summed E-state index contributed by atoms with van der Waals surface area (Å²) in [4.78, 5) is 15.4. The van der Waals surface area contributed by atoms with E-state index in [0.717, 1.165) is 45.6 Å². The second-order valence-corrected chi connectivity index (χ2v) is 9.35. The number of nitrogens with two attached hydrogens (primary N) is 1. The smallest absolute Gasteiger partial charge is 0.226 e. The van der Waals surface area contributed by atoms with Crippen LogP contribution in [0.5, 0.6) is 0 Å². The largest absolute Gasteiger partial charge is 0.578 e. The van der Waals surface area contributed by atoms with Crippen molar-refractivity contribution in [2.75, 3.05) is 59.9 Å². The highest BCUT2D eigenvalue weighted by Crippen LogP contribution is 2.31. The minimum Gasteiger partial charge on any atom is -0.578 e. The van der Waals surface area contributed by atoms with Crippen LogP contribution >= 0.6 is 0 Å². The molecule has 0 aromatic heterocycles. The van der Waals surface area contributed by atoms with Crippen molar-refractivity contribution in [1.29, 1.82) is 0 Å². The third-order valence-electron chi connectivity index (χ3n) is 6.74. The van der Waals surface area contributed by atoms with Crippen molar-refractivity contribution >= 4 is 5.91 Å². The lowest BCUT2D eigenvalue weighted by Gasteiger charge is -2.42. The number of carbonyl (C=O) groups is 1. The Hall–Kier alpha value is -0.920. The molecule has 172 valence electrons. The molecule has 11 heteroatoms. The number of hydrazine groups is 1. The van der Waals surface area contributed by atoms with E-state index in [2.05, 4.69) is 50.8 Å². The summed E-state index contributed by atoms with van der Waals surface area (Å²) in [6, 6.07) is 0.227. The summed E-state index contributed by atoms with van der Waals surface area (Å²) in [5.74, 6) is -0.000554. The maximum absolute atomic E-state index is 13.7. The van der Waals surface area contributed by atoms with Crippen LogP contribution in [0.1, 0.15) is 12.8 Å². The van der Waals surface area contributed by atoms with E-state index in [1.807, 2.05) is 0 Å². The van der Waals surface area contributed by atoms with Crippen LogP contribution in [-0.2, 0) is 4.79 Å². The van der Waals surface area contributed by atoms with Gasteiger partial charge in [-0.15, -0.1) is 0 Å². The highest BCUT2D eigenvalue weighted by atomic mass is 19.1. The van der Waals surface area contributed by atoms with Gasteiger partial charge in [0.1, 0.15) is 6.17 Å². The molecule has 1 amide bonds. The first-order chi connectivity index (χ1) is 14.4. The molecule has 30 heavy (non-hydrogen) atoms. The van der Waals surface area contributed by atoms with E-state index in [1.54, 1.807) is 5.01 Å². The third kappa shape index (κ3) is 4.94. The summed E-state index contributed by atoms with van der Waals surface area (Å²) in [6.45, 7) is 5.15. The number of alkyl halides is 1. The summed E-state index contributed by atoms with van der Waals surface area (Å²) in [7, 11) is 4.21. The van der Waals surface area contributed by atoms with Gasteiger partial charge in [-0.2, -0.15) is 0 Å². The molecular weight excluding hydrogens is 389 g/mol. The van der Waals surface area contributed by atoms with Crippen LogP contribution in [0.4, 0.5) is 4.39 Å². The van der Waals surface area contributed by atoms with E-state index in [9.17, 15) is 9.18 Å². The van der Waals surface area contributed by atoms with Crippen molar-refractivity contribution in [2.24, 2.45) is 17.6 Å². The third-order valence-corrected chi connectivity index (χ3v) is 6.74. The molecule has 0 radical (unpaired) electrons. The number of piperidine rings is 1. The lowest BCUT2D eigenvalue weighted by Crippen LogP contribution is -2.64. The molecule has 0 aromatic rings. The predicted molar refractivity (Wildman–Crippen MR) is 113 cm³/mol. The van der Waals surface area contributed by atoms with Crippen molar-refractivity contribution in [3.63, 3.8) is 0 Å². The molecule has 4 rings (SSSR count). The van der Waals surface area contributed by atoms with E-state index < -0.39 is 18.3 Å². The van der Waals surface area contributed by atoms with Gasteiger partial charge in [-0.3, -0.25) is 15.5 Å². The fraction of sp³-hybridized carbons (Fsp3) is 0.947. The zero-order valence-corrected chi connectivity index (χ0v) is 18.1. The zero-order chi connectivity index (χ0) is 21.3. The van der Waals surface area contributed by atoms with Gasteiger partial charge in [0.15, 0.2) is 0 Å². The number of hydrogen-bond donors (Lipinski definition) is 5. The van der Waals surface area contributed by atoms with Gasteiger partial charge < -0.3 is 31.7 Å². The summed E-state index contributed by atoms with van der Waals surface area (Å²) >= 11 is 0. The molecule has 0 bridgehead atoms. The van der Waals surface area contributed by atoms with Crippen LogP contribution in [0, 0.1) is 11.8 Å². The highest BCUT2D eigenvalue weighted by Gasteiger charge is 2.42. The van der Waals surface area contributed by atoms with Gasteiger partial charge in [-0.25, -0.2) is 9.40 Å². The molecule has 6 N–H and O–H groups in total. The number of fused-ring (bicyclic) bond motifs is 1. The molecule has 7 atom stereocenters. The van der Waals surface area contributed by atoms with E-state index in [-0.39, 0.29) is 37.2 Å². The summed E-state index contributed by atoms with van der Waals surface area (Å²) in [6.07, 6.45) is 0.157. The average molecular weight is 427 g/mol. The van der Waals surface area contributed by atoms with E-state index in [4.69, 9.17) is 5.73 Å². The van der Waals surface area contributed by atoms with E-state index >= 15 is 0 Å². The fourth-order valence-electron chi connectivity index (χ4n) is 5.08. The topological polar surface area (TPSA) is 115 Å². The van der Waals surface area contributed by atoms with Gasteiger partial charge in [0, 0.05) is 38.8 Å². The van der Waals surface area contributed by atoms with Crippen LogP contribution in [0.2, 0.25) is 0 Å². The Kier molecular flexibility index (Phi) is 7.20. The molecule has 0 saturated carbocycles. The number of nitrogens with zero attached hydrogens (tertiary/aromatic N) is 4. The SMILES string of the molecule is CN(C)CCC1CNN(C2CCNCC2NC(=O)C2C(N)[N-]N3CC(F)CNC23)C1. The molecule has 0 aliphatic carbocycles. The molecule has 4 saturated heterocycles. The molecule has 4 fully saturated rings. The second kappa shape index (κ2) is 9.70. The quantitative estimate of drug-likeness (QED) is 0.331. The summed E-state index contributed by atoms with van der Waals surface area (Å²) in [5.41, 5.74) is 14.0. The minimum atomic E-state index is -0.993. The zero-order valence-electron chi connectivity index (χ0n) is 18.1. The molecule has 0 aromatic carbocycles. The maximum Gasteiger partial charge on any atom is 0.226 e. The monoisotopic (exact) mass is 426 g/mol. The first-order valence-electron chi connectivity index (χ1n) is 11.2. The number of amides is 1. The van der Waals surface area contributed by atoms with Crippen molar-refractivity contribution in [1.82, 2.24) is 36.3 Å². The first-order valence-corrected chi connectivity index (χ1v) is 11.2. The molecule has 4 aliphatic heterocycles.